The molecule has 0 aromatic carbocycles. The van der Waals surface area contributed by atoms with Gasteiger partial charge in [0.15, 0.2) is 8.32 Å². The van der Waals surface area contributed by atoms with Gasteiger partial charge in [-0.3, -0.25) is 0 Å². The van der Waals surface area contributed by atoms with Gasteiger partial charge in [-0.1, -0.05) is 0 Å². The SMILES string of the molecule is C[Si](C)(O)O[Si](C)(C)O[Si](C)(C)O[Si](C)(C)CCC(F)(F)C(F)(F)C(F)(F)F. The zero-order chi connectivity index (χ0) is 23.0. The van der Waals surface area contributed by atoms with E-state index >= 15 is 0 Å². The van der Waals surface area contributed by atoms with E-state index in [1.54, 1.807) is 39.3 Å². The molecule has 0 amide bonds. The smallest absolute Gasteiger partial charge is 0.436 e. The second-order valence-corrected chi connectivity index (χ2v) is 23.6. The number of halogens is 7. The fraction of sp³-hybridized carbons (Fsp3) is 1.00. The summed E-state index contributed by atoms with van der Waals surface area (Å²) in [5.74, 6) is -11.4. The first-order valence-corrected chi connectivity index (χ1v) is 20.1. The molecule has 0 atom stereocenters. The summed E-state index contributed by atoms with van der Waals surface area (Å²) in [6.45, 7) is 12.5. The van der Waals surface area contributed by atoms with Crippen molar-refractivity contribution in [2.75, 3.05) is 0 Å². The Morgan fingerprint density at radius 1 is 0.679 bits per heavy atom. The molecule has 0 rings (SSSR count). The van der Waals surface area contributed by atoms with Gasteiger partial charge in [0.2, 0.25) is 0 Å². The van der Waals surface area contributed by atoms with E-state index in [1.165, 1.54) is 13.1 Å². The summed E-state index contributed by atoms with van der Waals surface area (Å²) in [6, 6.07) is -0.617. The average molecular weight is 495 g/mol. The quantitative estimate of drug-likeness (QED) is 0.319. The second kappa shape index (κ2) is 8.39. The van der Waals surface area contributed by atoms with Gasteiger partial charge in [0.25, 0.3) is 0 Å². The molecule has 1 N–H and O–H groups in total. The third-order valence-electron chi connectivity index (χ3n) is 3.37. The topological polar surface area (TPSA) is 47.9 Å². The molecule has 4 nitrogen and oxygen atoms in total. The van der Waals surface area contributed by atoms with Gasteiger partial charge in [0.05, 0.1) is 0 Å². The molecule has 0 heterocycles. The van der Waals surface area contributed by atoms with E-state index in [4.69, 9.17) is 12.3 Å². The van der Waals surface area contributed by atoms with Crippen LogP contribution in [0.3, 0.4) is 0 Å². The van der Waals surface area contributed by atoms with Gasteiger partial charge < -0.3 is 17.1 Å². The fourth-order valence-corrected chi connectivity index (χ4v) is 20.1. The van der Waals surface area contributed by atoms with E-state index < -0.39 is 64.5 Å². The van der Waals surface area contributed by atoms with Gasteiger partial charge in [-0.25, -0.2) is 0 Å². The monoisotopic (exact) mass is 494 g/mol. The van der Waals surface area contributed by atoms with Crippen molar-refractivity contribution in [1.29, 1.82) is 0 Å². The first-order chi connectivity index (χ1) is 11.8. The first kappa shape index (κ1) is 28.2. The summed E-state index contributed by atoms with van der Waals surface area (Å²) in [7, 11) is -11.8. The lowest BCUT2D eigenvalue weighted by atomic mass is 10.1. The zero-order valence-corrected chi connectivity index (χ0v) is 21.2. The van der Waals surface area contributed by atoms with E-state index in [9.17, 15) is 35.5 Å². The third-order valence-corrected chi connectivity index (χ3v) is 16.9. The maximum absolute atomic E-state index is 13.6. The van der Waals surface area contributed by atoms with Crippen LogP contribution in [0.2, 0.25) is 58.4 Å². The third kappa shape index (κ3) is 8.93. The standard InChI is InChI=1S/C13H29F7O4Si4/c1-25(2,10-9-11(14,15)12(16,17)13(18,19)20)22-27(5,6)24-28(7,8)23-26(3,4)21/h21H,9-10H2,1-8H3. The molecule has 0 aliphatic carbocycles. The highest BCUT2D eigenvalue weighted by molar-refractivity contribution is 6.88. The predicted molar refractivity (Wildman–Crippen MR) is 101 cm³/mol. The number of rotatable bonds is 10. The van der Waals surface area contributed by atoms with Crippen molar-refractivity contribution in [2.45, 2.75) is 82.9 Å². The minimum Gasteiger partial charge on any atom is -0.436 e. The lowest BCUT2D eigenvalue weighted by Gasteiger charge is -2.40. The van der Waals surface area contributed by atoms with Crippen molar-refractivity contribution in [1.82, 2.24) is 0 Å². The Hall–Kier alpha value is 0.218. The van der Waals surface area contributed by atoms with Crippen LogP contribution in [0.15, 0.2) is 0 Å². The first-order valence-electron chi connectivity index (χ1n) is 8.48. The summed E-state index contributed by atoms with van der Waals surface area (Å²) in [4.78, 5) is 9.91. The molecular weight excluding hydrogens is 465 g/mol. The van der Waals surface area contributed by atoms with E-state index in [2.05, 4.69) is 0 Å². The molecule has 0 aromatic rings. The molecule has 28 heavy (non-hydrogen) atoms. The van der Waals surface area contributed by atoms with Crippen LogP contribution in [0.5, 0.6) is 0 Å². The molecule has 0 fully saturated rings. The molecule has 0 aliphatic heterocycles. The van der Waals surface area contributed by atoms with Gasteiger partial charge in [-0.15, -0.1) is 0 Å². The molecule has 0 aliphatic rings. The fourth-order valence-electron chi connectivity index (χ4n) is 2.77. The van der Waals surface area contributed by atoms with Crippen molar-refractivity contribution < 1.29 is 47.9 Å². The second-order valence-electron chi connectivity index (χ2n) is 8.59. The average Bonchev–Trinajstić information content (AvgIpc) is 2.28. The van der Waals surface area contributed by atoms with Crippen LogP contribution in [0, 0.1) is 0 Å². The largest absolute Gasteiger partial charge is 0.459 e. The van der Waals surface area contributed by atoms with Crippen molar-refractivity contribution in [2.24, 2.45) is 0 Å². The van der Waals surface area contributed by atoms with Crippen molar-refractivity contribution in [3.05, 3.63) is 0 Å². The number of hydrogen-bond donors (Lipinski definition) is 1. The Labute approximate surface area is 165 Å². The van der Waals surface area contributed by atoms with Gasteiger partial charge in [-0.2, -0.15) is 30.7 Å². The van der Waals surface area contributed by atoms with Crippen molar-refractivity contribution in [3.63, 3.8) is 0 Å². The number of alkyl halides is 7. The lowest BCUT2D eigenvalue weighted by molar-refractivity contribution is -0.354. The Balaban J connectivity index is 5.13. The van der Waals surface area contributed by atoms with E-state index in [-0.39, 0.29) is 0 Å². The Kier molecular flexibility index (Phi) is 8.46. The highest BCUT2D eigenvalue weighted by Crippen LogP contribution is 2.49. The zero-order valence-electron chi connectivity index (χ0n) is 17.2. The van der Waals surface area contributed by atoms with E-state index in [1.807, 2.05) is 0 Å². The Morgan fingerprint density at radius 3 is 1.43 bits per heavy atom. The lowest BCUT2D eigenvalue weighted by Crippen LogP contribution is -2.57. The maximum atomic E-state index is 13.6. The summed E-state index contributed by atoms with van der Waals surface area (Å²) < 4.78 is 107. The molecule has 0 bridgehead atoms. The minimum atomic E-state index is -6.34. The summed E-state index contributed by atoms with van der Waals surface area (Å²) in [5, 5.41) is 0. The predicted octanol–water partition coefficient (Wildman–Crippen LogP) is 5.56. The van der Waals surface area contributed by atoms with Crippen LogP contribution < -0.4 is 0 Å². The molecule has 0 saturated carbocycles. The molecule has 15 heteroatoms. The summed E-state index contributed by atoms with van der Waals surface area (Å²) >= 11 is 0. The van der Waals surface area contributed by atoms with Crippen LogP contribution in [0.25, 0.3) is 0 Å². The van der Waals surface area contributed by atoms with E-state index in [0.29, 0.717) is 0 Å². The molecule has 0 aromatic heterocycles. The van der Waals surface area contributed by atoms with Crippen LogP contribution in [0.4, 0.5) is 30.7 Å². The number of hydrogen-bond acceptors (Lipinski definition) is 4. The van der Waals surface area contributed by atoms with Crippen molar-refractivity contribution >= 4 is 34.0 Å². The van der Waals surface area contributed by atoms with Gasteiger partial charge >= 0.3 is 43.7 Å². The van der Waals surface area contributed by atoms with E-state index in [0.717, 1.165) is 0 Å². The van der Waals surface area contributed by atoms with Crippen LogP contribution in [-0.4, -0.2) is 56.8 Å². The summed E-state index contributed by atoms with van der Waals surface area (Å²) in [5.41, 5.74) is 0. The minimum absolute atomic E-state index is 0.617. The maximum Gasteiger partial charge on any atom is 0.459 e. The normalized spacial score (nSPS) is 15.9. The van der Waals surface area contributed by atoms with Crippen LogP contribution in [-0.2, 0) is 12.3 Å². The van der Waals surface area contributed by atoms with Gasteiger partial charge in [0.1, 0.15) is 0 Å². The Bertz CT molecular complexity index is 534. The highest BCUT2D eigenvalue weighted by Gasteiger charge is 2.72. The van der Waals surface area contributed by atoms with Gasteiger partial charge in [-0.05, 0) is 58.4 Å². The van der Waals surface area contributed by atoms with Crippen molar-refractivity contribution in [3.8, 4) is 0 Å². The summed E-state index contributed by atoms with van der Waals surface area (Å²) in [6.07, 6.45) is -7.99. The van der Waals surface area contributed by atoms with Gasteiger partial charge in [0, 0.05) is 6.42 Å². The molecule has 0 spiro atoms. The van der Waals surface area contributed by atoms with Crippen LogP contribution >= 0.6 is 0 Å². The molecule has 0 saturated heterocycles. The molecule has 170 valence electrons. The molecule has 0 radical (unpaired) electrons. The van der Waals surface area contributed by atoms with Crippen LogP contribution in [0.1, 0.15) is 6.42 Å². The Morgan fingerprint density at radius 2 is 1.07 bits per heavy atom. The highest BCUT2D eigenvalue weighted by atomic mass is 28.5. The molecule has 0 unspecified atom stereocenters. The molecular formula is C13H29F7O4Si4.